The van der Waals surface area contributed by atoms with Crippen molar-refractivity contribution in [2.24, 2.45) is 0 Å². The summed E-state index contributed by atoms with van der Waals surface area (Å²) in [6, 6.07) is 6.29. The minimum absolute atomic E-state index is 0.0638. The van der Waals surface area contributed by atoms with E-state index >= 15 is 0 Å². The molecule has 1 aromatic rings. The number of aromatic hydroxyl groups is 1. The molecular weight excluding hydrogens is 196 g/mol. The van der Waals surface area contributed by atoms with E-state index in [4.69, 9.17) is 14.9 Å². The number of aliphatic hydroxyl groups excluding tert-OH is 1. The van der Waals surface area contributed by atoms with E-state index in [1.54, 1.807) is 19.1 Å². The highest BCUT2D eigenvalue weighted by atomic mass is 16.5. The van der Waals surface area contributed by atoms with Gasteiger partial charge in [0.2, 0.25) is 0 Å². The molecule has 0 amide bonds. The number of ether oxygens (including phenoxy) is 1. The van der Waals surface area contributed by atoms with Crippen molar-refractivity contribution in [1.82, 2.24) is 0 Å². The van der Waals surface area contributed by atoms with Crippen LogP contribution in [0.25, 0.3) is 0 Å². The molecule has 0 aliphatic rings. The van der Waals surface area contributed by atoms with Gasteiger partial charge < -0.3 is 20.1 Å². The van der Waals surface area contributed by atoms with Gasteiger partial charge in [0.25, 0.3) is 0 Å². The molecule has 84 valence electrons. The zero-order valence-corrected chi connectivity index (χ0v) is 8.68. The van der Waals surface area contributed by atoms with Crippen LogP contribution in [0.15, 0.2) is 24.3 Å². The van der Waals surface area contributed by atoms with Crippen LogP contribution in [0.2, 0.25) is 0 Å². The first-order valence-corrected chi connectivity index (χ1v) is 4.77. The number of phenolic OH excluding ortho intramolecular Hbond substituents is 1. The quantitative estimate of drug-likeness (QED) is 0.625. The molecule has 3 N–H and O–H groups in total. The van der Waals surface area contributed by atoms with E-state index in [2.05, 4.69) is 0 Å². The molecule has 0 saturated carbocycles. The van der Waals surface area contributed by atoms with Gasteiger partial charge in [-0.2, -0.15) is 0 Å². The standard InChI is InChI=1S/C11H16O4/c1-11(14,8-15-7-6-12)9-2-4-10(13)5-3-9/h2-5,12-14H,6-8H2,1H3. The van der Waals surface area contributed by atoms with Gasteiger partial charge in [-0.25, -0.2) is 0 Å². The lowest BCUT2D eigenvalue weighted by Crippen LogP contribution is -2.28. The highest BCUT2D eigenvalue weighted by Gasteiger charge is 2.23. The van der Waals surface area contributed by atoms with E-state index in [9.17, 15) is 5.11 Å². The van der Waals surface area contributed by atoms with Crippen LogP contribution in [0.5, 0.6) is 5.75 Å². The first kappa shape index (κ1) is 12.0. The van der Waals surface area contributed by atoms with Crippen LogP contribution >= 0.6 is 0 Å². The van der Waals surface area contributed by atoms with Gasteiger partial charge in [-0.15, -0.1) is 0 Å². The monoisotopic (exact) mass is 212 g/mol. The summed E-state index contributed by atoms with van der Waals surface area (Å²) in [5.74, 6) is 0.158. The smallest absolute Gasteiger partial charge is 0.115 e. The fraction of sp³-hybridized carbons (Fsp3) is 0.455. The Morgan fingerprint density at radius 1 is 1.27 bits per heavy atom. The van der Waals surface area contributed by atoms with Crippen molar-refractivity contribution < 1.29 is 20.1 Å². The molecule has 4 heteroatoms. The van der Waals surface area contributed by atoms with Crippen LogP contribution in [0.3, 0.4) is 0 Å². The predicted octanol–water partition coefficient (Wildman–Crippen LogP) is 0.609. The molecule has 15 heavy (non-hydrogen) atoms. The third kappa shape index (κ3) is 3.51. The largest absolute Gasteiger partial charge is 0.508 e. The Labute approximate surface area is 88.8 Å². The Morgan fingerprint density at radius 2 is 1.87 bits per heavy atom. The molecule has 0 aliphatic heterocycles. The van der Waals surface area contributed by atoms with Crippen LogP contribution in [-0.4, -0.2) is 35.1 Å². The van der Waals surface area contributed by atoms with E-state index < -0.39 is 5.60 Å². The van der Waals surface area contributed by atoms with Crippen molar-refractivity contribution in [2.45, 2.75) is 12.5 Å². The van der Waals surface area contributed by atoms with Crippen LogP contribution in [0, 0.1) is 0 Å². The van der Waals surface area contributed by atoms with Crippen molar-refractivity contribution in [3.8, 4) is 5.75 Å². The summed E-state index contributed by atoms with van der Waals surface area (Å²) in [5, 5.41) is 27.6. The molecule has 0 fully saturated rings. The number of aliphatic hydroxyl groups is 2. The molecule has 1 atom stereocenters. The molecule has 0 aromatic heterocycles. The maximum Gasteiger partial charge on any atom is 0.115 e. The number of phenols is 1. The molecule has 0 spiro atoms. The third-order valence-electron chi connectivity index (χ3n) is 2.11. The van der Waals surface area contributed by atoms with Crippen LogP contribution < -0.4 is 0 Å². The molecule has 0 bridgehead atoms. The number of hydrogen-bond acceptors (Lipinski definition) is 4. The highest BCUT2D eigenvalue weighted by Crippen LogP contribution is 2.22. The lowest BCUT2D eigenvalue weighted by Gasteiger charge is -2.23. The lowest BCUT2D eigenvalue weighted by molar-refractivity contribution is -0.0447. The normalized spacial score (nSPS) is 14.9. The van der Waals surface area contributed by atoms with Gasteiger partial charge in [0, 0.05) is 0 Å². The predicted molar refractivity (Wildman–Crippen MR) is 55.6 cm³/mol. The first-order valence-electron chi connectivity index (χ1n) is 4.77. The molecule has 0 aliphatic carbocycles. The van der Waals surface area contributed by atoms with Gasteiger partial charge in [0.05, 0.1) is 19.8 Å². The molecule has 1 aromatic carbocycles. The number of benzene rings is 1. The van der Waals surface area contributed by atoms with E-state index in [0.717, 1.165) is 0 Å². The fourth-order valence-electron chi connectivity index (χ4n) is 1.24. The molecule has 0 saturated heterocycles. The Hall–Kier alpha value is -1.10. The van der Waals surface area contributed by atoms with Gasteiger partial charge in [-0.05, 0) is 24.6 Å². The summed E-state index contributed by atoms with van der Waals surface area (Å²) in [6.07, 6.45) is 0. The fourth-order valence-corrected chi connectivity index (χ4v) is 1.24. The number of rotatable bonds is 5. The van der Waals surface area contributed by atoms with Gasteiger partial charge in [0.15, 0.2) is 0 Å². The molecule has 1 unspecified atom stereocenters. The minimum atomic E-state index is -1.11. The van der Waals surface area contributed by atoms with Crippen molar-refractivity contribution in [1.29, 1.82) is 0 Å². The average molecular weight is 212 g/mol. The average Bonchev–Trinajstić information content (AvgIpc) is 2.18. The summed E-state index contributed by atoms with van der Waals surface area (Å²) in [5.41, 5.74) is -0.443. The van der Waals surface area contributed by atoms with E-state index in [1.165, 1.54) is 12.1 Å². The van der Waals surface area contributed by atoms with Crippen molar-refractivity contribution in [3.05, 3.63) is 29.8 Å². The summed E-state index contributed by atoms with van der Waals surface area (Å²) < 4.78 is 5.07. The second kappa shape index (κ2) is 5.11. The Morgan fingerprint density at radius 3 is 2.40 bits per heavy atom. The maximum atomic E-state index is 10.0. The second-order valence-corrected chi connectivity index (χ2v) is 3.60. The molecule has 0 radical (unpaired) electrons. The van der Waals surface area contributed by atoms with Crippen molar-refractivity contribution in [2.75, 3.05) is 19.8 Å². The second-order valence-electron chi connectivity index (χ2n) is 3.60. The van der Waals surface area contributed by atoms with Crippen molar-refractivity contribution >= 4 is 0 Å². The SMILES string of the molecule is CC(O)(COCCO)c1ccc(O)cc1. The molecular formula is C11H16O4. The van der Waals surface area contributed by atoms with Crippen molar-refractivity contribution in [3.63, 3.8) is 0 Å². The summed E-state index contributed by atoms with van der Waals surface area (Å²) in [4.78, 5) is 0. The Bertz CT molecular complexity index is 292. The van der Waals surface area contributed by atoms with Gasteiger partial charge in [-0.1, -0.05) is 12.1 Å². The summed E-state index contributed by atoms with van der Waals surface area (Å²) in [7, 11) is 0. The van der Waals surface area contributed by atoms with Crippen LogP contribution in [0.1, 0.15) is 12.5 Å². The topological polar surface area (TPSA) is 69.9 Å². The summed E-state index contributed by atoms with van der Waals surface area (Å²) >= 11 is 0. The lowest BCUT2D eigenvalue weighted by atomic mass is 9.97. The third-order valence-corrected chi connectivity index (χ3v) is 2.11. The van der Waals surface area contributed by atoms with Gasteiger partial charge >= 0.3 is 0 Å². The molecule has 1 rings (SSSR count). The van der Waals surface area contributed by atoms with Crippen LogP contribution in [0.4, 0.5) is 0 Å². The Kier molecular flexibility index (Phi) is 4.08. The highest BCUT2D eigenvalue weighted by molar-refractivity contribution is 5.29. The number of hydrogen-bond donors (Lipinski definition) is 3. The zero-order chi connectivity index (χ0) is 11.3. The van der Waals surface area contributed by atoms with E-state index in [0.29, 0.717) is 5.56 Å². The van der Waals surface area contributed by atoms with Gasteiger partial charge in [-0.3, -0.25) is 0 Å². The zero-order valence-electron chi connectivity index (χ0n) is 8.68. The first-order chi connectivity index (χ1) is 7.06. The van der Waals surface area contributed by atoms with E-state index in [1.807, 2.05) is 0 Å². The molecule has 4 nitrogen and oxygen atoms in total. The summed E-state index contributed by atoms with van der Waals surface area (Å²) in [6.45, 7) is 1.87. The molecule has 0 heterocycles. The van der Waals surface area contributed by atoms with Gasteiger partial charge in [0.1, 0.15) is 11.4 Å². The van der Waals surface area contributed by atoms with E-state index in [-0.39, 0.29) is 25.6 Å². The minimum Gasteiger partial charge on any atom is -0.508 e. The maximum absolute atomic E-state index is 10.0. The Balaban J connectivity index is 2.63. The van der Waals surface area contributed by atoms with Crippen LogP contribution in [-0.2, 0) is 10.3 Å².